The second kappa shape index (κ2) is 5.35. The number of rotatable bonds is 4. The van der Waals surface area contributed by atoms with Crippen LogP contribution in [0.5, 0.6) is 0 Å². The van der Waals surface area contributed by atoms with E-state index in [9.17, 15) is 4.79 Å². The van der Waals surface area contributed by atoms with Crippen molar-refractivity contribution in [1.82, 2.24) is 0 Å². The lowest BCUT2D eigenvalue weighted by molar-refractivity contribution is 0.101. The number of Topliss-reactive ketones (excluding diaryl/α,β-unsaturated/α-hetero) is 1. The molecule has 0 aliphatic heterocycles. The lowest BCUT2D eigenvalue weighted by Crippen LogP contribution is -2.03. The summed E-state index contributed by atoms with van der Waals surface area (Å²) in [5, 5.41) is 3.21. The van der Waals surface area contributed by atoms with Crippen LogP contribution in [0.3, 0.4) is 0 Å². The molecule has 16 heavy (non-hydrogen) atoms. The second-order valence-electron chi connectivity index (χ2n) is 4.02. The molecule has 1 rings (SSSR count). The summed E-state index contributed by atoms with van der Waals surface area (Å²) in [6.07, 6.45) is 2.09. The molecule has 1 aromatic rings. The van der Waals surface area contributed by atoms with E-state index in [0.29, 0.717) is 11.3 Å². The average Bonchev–Trinajstić information content (AvgIpc) is 2.19. The quantitative estimate of drug-likeness (QED) is 0.464. The molecule has 86 valence electrons. The van der Waals surface area contributed by atoms with E-state index in [4.69, 9.17) is 5.73 Å². The third kappa shape index (κ3) is 3.42. The molecule has 0 saturated carbocycles. The molecule has 0 spiro atoms. The standard InChI is InChI=1S/C13H18N2O/c1-9(2)6-7-15-11-4-5-13(14)12(8-11)10(3)16/h4-6,8,15H,7,14H2,1-3H3. The molecule has 0 atom stereocenters. The Bertz CT molecular complexity index is 418. The molecule has 0 aromatic heterocycles. The zero-order chi connectivity index (χ0) is 12.1. The van der Waals surface area contributed by atoms with Crippen LogP contribution in [-0.4, -0.2) is 12.3 Å². The average molecular weight is 218 g/mol. The lowest BCUT2D eigenvalue weighted by atomic mass is 10.1. The van der Waals surface area contributed by atoms with Crippen LogP contribution >= 0.6 is 0 Å². The molecule has 0 amide bonds. The fourth-order valence-electron chi connectivity index (χ4n) is 1.34. The predicted octanol–water partition coefficient (Wildman–Crippen LogP) is 2.85. The van der Waals surface area contributed by atoms with Crippen molar-refractivity contribution in [1.29, 1.82) is 0 Å². The van der Waals surface area contributed by atoms with E-state index >= 15 is 0 Å². The van der Waals surface area contributed by atoms with Crippen LogP contribution in [0.15, 0.2) is 29.8 Å². The Morgan fingerprint density at radius 3 is 2.62 bits per heavy atom. The van der Waals surface area contributed by atoms with Crippen molar-refractivity contribution in [2.45, 2.75) is 20.8 Å². The van der Waals surface area contributed by atoms with Crippen LogP contribution in [0.25, 0.3) is 0 Å². The zero-order valence-electron chi connectivity index (χ0n) is 10.0. The van der Waals surface area contributed by atoms with E-state index in [0.717, 1.165) is 12.2 Å². The summed E-state index contributed by atoms with van der Waals surface area (Å²) >= 11 is 0. The van der Waals surface area contributed by atoms with Gasteiger partial charge in [0.25, 0.3) is 0 Å². The van der Waals surface area contributed by atoms with E-state index in [1.165, 1.54) is 12.5 Å². The largest absolute Gasteiger partial charge is 0.398 e. The van der Waals surface area contributed by atoms with E-state index < -0.39 is 0 Å². The van der Waals surface area contributed by atoms with E-state index in [-0.39, 0.29) is 5.78 Å². The van der Waals surface area contributed by atoms with Crippen LogP contribution in [0.2, 0.25) is 0 Å². The number of nitrogen functional groups attached to an aromatic ring is 1. The minimum atomic E-state index is -0.0108. The summed E-state index contributed by atoms with van der Waals surface area (Å²) < 4.78 is 0. The highest BCUT2D eigenvalue weighted by molar-refractivity contribution is 6.00. The zero-order valence-corrected chi connectivity index (χ0v) is 10.0. The Hall–Kier alpha value is -1.77. The molecular formula is C13H18N2O. The summed E-state index contributed by atoms with van der Waals surface area (Å²) in [7, 11) is 0. The van der Waals surface area contributed by atoms with Gasteiger partial charge < -0.3 is 11.1 Å². The molecule has 0 saturated heterocycles. The van der Waals surface area contributed by atoms with Gasteiger partial charge in [0.1, 0.15) is 0 Å². The van der Waals surface area contributed by atoms with Gasteiger partial charge in [-0.05, 0) is 39.0 Å². The van der Waals surface area contributed by atoms with E-state index in [1.807, 2.05) is 19.9 Å². The van der Waals surface area contributed by atoms with Gasteiger partial charge in [0.2, 0.25) is 0 Å². The van der Waals surface area contributed by atoms with Crippen molar-refractivity contribution >= 4 is 17.2 Å². The highest BCUT2D eigenvalue weighted by atomic mass is 16.1. The molecule has 3 heteroatoms. The summed E-state index contributed by atoms with van der Waals surface area (Å²) in [6, 6.07) is 5.42. The molecular weight excluding hydrogens is 200 g/mol. The number of nitrogens with one attached hydrogen (secondary N) is 1. The Morgan fingerprint density at radius 1 is 1.38 bits per heavy atom. The summed E-state index contributed by atoms with van der Waals surface area (Å²) in [5.41, 5.74) is 8.98. The number of hydrogen-bond donors (Lipinski definition) is 2. The van der Waals surface area contributed by atoms with Gasteiger partial charge in [-0.1, -0.05) is 11.6 Å². The minimum Gasteiger partial charge on any atom is -0.398 e. The van der Waals surface area contributed by atoms with Gasteiger partial charge in [-0.3, -0.25) is 4.79 Å². The van der Waals surface area contributed by atoms with Crippen molar-refractivity contribution in [2.75, 3.05) is 17.6 Å². The molecule has 0 aliphatic rings. The highest BCUT2D eigenvalue weighted by Gasteiger charge is 2.04. The maximum Gasteiger partial charge on any atom is 0.161 e. The minimum absolute atomic E-state index is 0.0108. The number of allylic oxidation sites excluding steroid dienone is 1. The fraction of sp³-hybridized carbons (Fsp3) is 0.308. The Labute approximate surface area is 96.3 Å². The van der Waals surface area contributed by atoms with Gasteiger partial charge in [-0.25, -0.2) is 0 Å². The molecule has 0 radical (unpaired) electrons. The molecule has 0 heterocycles. The van der Waals surface area contributed by atoms with Crippen molar-refractivity contribution in [3.8, 4) is 0 Å². The van der Waals surface area contributed by atoms with Crippen molar-refractivity contribution in [3.63, 3.8) is 0 Å². The molecule has 0 bridgehead atoms. The predicted molar refractivity (Wildman–Crippen MR) is 68.8 cm³/mol. The molecule has 3 nitrogen and oxygen atoms in total. The SMILES string of the molecule is CC(=O)c1cc(NCC=C(C)C)ccc1N. The first-order chi connectivity index (χ1) is 7.50. The van der Waals surface area contributed by atoms with E-state index in [1.54, 1.807) is 12.1 Å². The van der Waals surface area contributed by atoms with Gasteiger partial charge in [0.15, 0.2) is 5.78 Å². The first-order valence-electron chi connectivity index (χ1n) is 5.28. The topological polar surface area (TPSA) is 55.1 Å². The lowest BCUT2D eigenvalue weighted by Gasteiger charge is -2.07. The number of carbonyl (C=O) groups is 1. The number of hydrogen-bond acceptors (Lipinski definition) is 3. The fourth-order valence-corrected chi connectivity index (χ4v) is 1.34. The van der Waals surface area contributed by atoms with Crippen LogP contribution in [-0.2, 0) is 0 Å². The Balaban J connectivity index is 2.79. The summed E-state index contributed by atoms with van der Waals surface area (Å²) in [6.45, 7) is 6.37. The van der Waals surface area contributed by atoms with Crippen LogP contribution in [0.1, 0.15) is 31.1 Å². The summed E-state index contributed by atoms with van der Waals surface area (Å²) in [4.78, 5) is 11.3. The number of carbonyl (C=O) groups excluding carboxylic acids is 1. The molecule has 0 unspecified atom stereocenters. The molecule has 1 aromatic carbocycles. The molecule has 3 N–H and O–H groups in total. The smallest absolute Gasteiger partial charge is 0.161 e. The summed E-state index contributed by atoms with van der Waals surface area (Å²) in [5.74, 6) is -0.0108. The first kappa shape index (κ1) is 12.3. The van der Waals surface area contributed by atoms with Crippen LogP contribution in [0, 0.1) is 0 Å². The van der Waals surface area contributed by atoms with E-state index in [2.05, 4.69) is 11.4 Å². The van der Waals surface area contributed by atoms with Gasteiger partial charge in [0.05, 0.1) is 0 Å². The monoisotopic (exact) mass is 218 g/mol. The van der Waals surface area contributed by atoms with Gasteiger partial charge in [0, 0.05) is 23.5 Å². The second-order valence-corrected chi connectivity index (χ2v) is 4.02. The molecule has 0 fully saturated rings. The van der Waals surface area contributed by atoms with Crippen molar-refractivity contribution < 1.29 is 4.79 Å². The Kier molecular flexibility index (Phi) is 4.11. The third-order valence-electron chi connectivity index (χ3n) is 2.25. The maximum atomic E-state index is 11.3. The maximum absolute atomic E-state index is 11.3. The van der Waals surface area contributed by atoms with Gasteiger partial charge >= 0.3 is 0 Å². The Morgan fingerprint density at radius 2 is 2.06 bits per heavy atom. The van der Waals surface area contributed by atoms with Gasteiger partial charge in [-0.2, -0.15) is 0 Å². The normalized spacial score (nSPS) is 9.69. The molecule has 0 aliphatic carbocycles. The first-order valence-corrected chi connectivity index (χ1v) is 5.28. The number of ketones is 1. The van der Waals surface area contributed by atoms with Crippen LogP contribution in [0.4, 0.5) is 11.4 Å². The number of benzene rings is 1. The highest BCUT2D eigenvalue weighted by Crippen LogP contribution is 2.18. The van der Waals surface area contributed by atoms with Gasteiger partial charge in [-0.15, -0.1) is 0 Å². The third-order valence-corrected chi connectivity index (χ3v) is 2.25. The number of anilines is 2. The van der Waals surface area contributed by atoms with Crippen molar-refractivity contribution in [2.24, 2.45) is 0 Å². The van der Waals surface area contributed by atoms with Crippen molar-refractivity contribution in [3.05, 3.63) is 35.4 Å². The van der Waals surface area contributed by atoms with Crippen LogP contribution < -0.4 is 11.1 Å². The number of nitrogens with two attached hydrogens (primary N) is 1.